The minimum atomic E-state index is 0.667. The van der Waals surface area contributed by atoms with Crippen LogP contribution in [0.3, 0.4) is 0 Å². The van der Waals surface area contributed by atoms with Crippen molar-refractivity contribution in [3.63, 3.8) is 0 Å². The van der Waals surface area contributed by atoms with Gasteiger partial charge in [-0.3, -0.25) is 0 Å². The summed E-state index contributed by atoms with van der Waals surface area (Å²) in [6.07, 6.45) is 3.15. The lowest BCUT2D eigenvalue weighted by molar-refractivity contribution is 0.371. The van der Waals surface area contributed by atoms with E-state index in [1.807, 2.05) is 0 Å². The zero-order valence-electron chi connectivity index (χ0n) is 12.6. The molecule has 0 aliphatic rings. The molecule has 0 saturated carbocycles. The van der Waals surface area contributed by atoms with Crippen molar-refractivity contribution >= 4 is 5.69 Å². The Morgan fingerprint density at radius 3 is 2.70 bits per heavy atom. The topological polar surface area (TPSA) is 42.2 Å². The fourth-order valence-electron chi connectivity index (χ4n) is 2.24. The third kappa shape index (κ3) is 3.59. The average molecular weight is 273 g/mol. The van der Waals surface area contributed by atoms with E-state index in [9.17, 15) is 0 Å². The summed E-state index contributed by atoms with van der Waals surface area (Å²) in [5.74, 6) is 1.52. The average Bonchev–Trinajstić information content (AvgIpc) is 2.91. The lowest BCUT2D eigenvalue weighted by Crippen LogP contribution is -2.23. The van der Waals surface area contributed by atoms with Gasteiger partial charge >= 0.3 is 0 Å². The zero-order valence-corrected chi connectivity index (χ0v) is 12.6. The highest BCUT2D eigenvalue weighted by Gasteiger charge is 2.12. The predicted octanol–water partition coefficient (Wildman–Crippen LogP) is 3.75. The number of hydrogen-bond donors (Lipinski definition) is 0. The Morgan fingerprint density at radius 2 is 2.00 bits per heavy atom. The number of benzene rings is 1. The lowest BCUT2D eigenvalue weighted by Gasteiger charge is -2.22. The van der Waals surface area contributed by atoms with Gasteiger partial charge in [-0.1, -0.05) is 36.7 Å². The summed E-state index contributed by atoms with van der Waals surface area (Å²) in [7, 11) is 0. The van der Waals surface area contributed by atoms with Gasteiger partial charge in [0.1, 0.15) is 0 Å². The van der Waals surface area contributed by atoms with Crippen LogP contribution in [0.15, 0.2) is 28.8 Å². The van der Waals surface area contributed by atoms with Gasteiger partial charge in [-0.05, 0) is 31.9 Å². The predicted molar refractivity (Wildman–Crippen MR) is 80.8 cm³/mol. The SMILES string of the molecule is CCCCc1noc(CN(CC)c2ccccc2C)n1. The quantitative estimate of drug-likeness (QED) is 0.770. The van der Waals surface area contributed by atoms with Gasteiger partial charge in [0.05, 0.1) is 6.54 Å². The molecule has 1 heterocycles. The molecule has 0 amide bonds. The molecule has 0 bridgehead atoms. The molecular weight excluding hydrogens is 250 g/mol. The molecule has 0 saturated heterocycles. The molecule has 0 fully saturated rings. The van der Waals surface area contributed by atoms with Crippen LogP contribution in [0.2, 0.25) is 0 Å². The van der Waals surface area contributed by atoms with Crippen molar-refractivity contribution in [2.75, 3.05) is 11.4 Å². The number of anilines is 1. The van der Waals surface area contributed by atoms with Gasteiger partial charge < -0.3 is 9.42 Å². The number of para-hydroxylation sites is 1. The van der Waals surface area contributed by atoms with E-state index in [4.69, 9.17) is 4.52 Å². The first-order chi connectivity index (χ1) is 9.74. The first-order valence-corrected chi connectivity index (χ1v) is 7.36. The van der Waals surface area contributed by atoms with E-state index < -0.39 is 0 Å². The van der Waals surface area contributed by atoms with E-state index in [0.717, 1.165) is 31.6 Å². The minimum Gasteiger partial charge on any atom is -0.362 e. The number of unbranched alkanes of at least 4 members (excludes halogenated alkanes) is 1. The van der Waals surface area contributed by atoms with Crippen molar-refractivity contribution < 1.29 is 4.52 Å². The van der Waals surface area contributed by atoms with Crippen molar-refractivity contribution in [2.45, 2.75) is 46.6 Å². The molecule has 0 aliphatic carbocycles. The van der Waals surface area contributed by atoms with Gasteiger partial charge in [-0.15, -0.1) is 0 Å². The minimum absolute atomic E-state index is 0.667. The van der Waals surface area contributed by atoms with Crippen LogP contribution < -0.4 is 4.90 Å². The molecule has 0 radical (unpaired) electrons. The Balaban J connectivity index is 2.07. The Hall–Kier alpha value is -1.84. The summed E-state index contributed by atoms with van der Waals surface area (Å²) in [4.78, 5) is 6.73. The molecule has 0 unspecified atom stereocenters. The zero-order chi connectivity index (χ0) is 14.4. The second kappa shape index (κ2) is 7.08. The maximum Gasteiger partial charge on any atom is 0.246 e. The van der Waals surface area contributed by atoms with E-state index in [1.165, 1.54) is 11.3 Å². The first-order valence-electron chi connectivity index (χ1n) is 7.36. The Labute approximate surface area is 120 Å². The van der Waals surface area contributed by atoms with Crippen LogP contribution in [0.25, 0.3) is 0 Å². The normalized spacial score (nSPS) is 10.8. The maximum atomic E-state index is 5.35. The second-order valence-electron chi connectivity index (χ2n) is 5.01. The van der Waals surface area contributed by atoms with Crippen LogP contribution in [-0.4, -0.2) is 16.7 Å². The third-order valence-electron chi connectivity index (χ3n) is 3.43. The second-order valence-corrected chi connectivity index (χ2v) is 5.01. The molecular formula is C16H23N3O. The fourth-order valence-corrected chi connectivity index (χ4v) is 2.24. The Bertz CT molecular complexity index is 536. The van der Waals surface area contributed by atoms with Gasteiger partial charge in [0.2, 0.25) is 5.89 Å². The fraction of sp³-hybridized carbons (Fsp3) is 0.500. The molecule has 4 nitrogen and oxygen atoms in total. The van der Waals surface area contributed by atoms with Gasteiger partial charge in [-0.25, -0.2) is 0 Å². The standard InChI is InChI=1S/C16H23N3O/c1-4-6-11-15-17-16(20-18-15)12-19(5-2)14-10-8-7-9-13(14)3/h7-10H,4-6,11-12H2,1-3H3. The van der Waals surface area contributed by atoms with Crippen molar-refractivity contribution in [1.29, 1.82) is 0 Å². The number of rotatable bonds is 7. The van der Waals surface area contributed by atoms with Crippen LogP contribution in [0.4, 0.5) is 5.69 Å². The highest BCUT2D eigenvalue weighted by Crippen LogP contribution is 2.20. The number of nitrogens with zero attached hydrogens (tertiary/aromatic N) is 3. The summed E-state index contributed by atoms with van der Waals surface area (Å²) in [6, 6.07) is 8.37. The monoisotopic (exact) mass is 273 g/mol. The van der Waals surface area contributed by atoms with Gasteiger partial charge in [0.25, 0.3) is 0 Å². The molecule has 2 aromatic rings. The van der Waals surface area contributed by atoms with E-state index >= 15 is 0 Å². The van der Waals surface area contributed by atoms with Crippen LogP contribution >= 0.6 is 0 Å². The number of hydrogen-bond acceptors (Lipinski definition) is 4. The van der Waals surface area contributed by atoms with Gasteiger partial charge in [0.15, 0.2) is 5.82 Å². The summed E-state index contributed by atoms with van der Waals surface area (Å²) < 4.78 is 5.35. The summed E-state index contributed by atoms with van der Waals surface area (Å²) in [5, 5.41) is 4.04. The molecule has 0 atom stereocenters. The molecule has 4 heteroatoms. The Morgan fingerprint density at radius 1 is 1.20 bits per heavy atom. The maximum absolute atomic E-state index is 5.35. The van der Waals surface area contributed by atoms with Crippen LogP contribution in [-0.2, 0) is 13.0 Å². The molecule has 108 valence electrons. The molecule has 1 aromatic heterocycles. The van der Waals surface area contributed by atoms with Crippen LogP contribution in [0.5, 0.6) is 0 Å². The number of aromatic nitrogens is 2. The van der Waals surface area contributed by atoms with Crippen LogP contribution in [0.1, 0.15) is 44.0 Å². The van der Waals surface area contributed by atoms with E-state index in [0.29, 0.717) is 12.4 Å². The van der Waals surface area contributed by atoms with Crippen molar-refractivity contribution in [2.24, 2.45) is 0 Å². The van der Waals surface area contributed by atoms with Crippen LogP contribution in [0, 0.1) is 6.92 Å². The molecule has 20 heavy (non-hydrogen) atoms. The largest absolute Gasteiger partial charge is 0.362 e. The lowest BCUT2D eigenvalue weighted by atomic mass is 10.2. The molecule has 0 spiro atoms. The van der Waals surface area contributed by atoms with E-state index in [2.05, 4.69) is 60.1 Å². The molecule has 1 aromatic carbocycles. The van der Waals surface area contributed by atoms with E-state index in [1.54, 1.807) is 0 Å². The van der Waals surface area contributed by atoms with Crippen molar-refractivity contribution in [3.8, 4) is 0 Å². The summed E-state index contributed by atoms with van der Waals surface area (Å²) >= 11 is 0. The summed E-state index contributed by atoms with van der Waals surface area (Å²) in [6.45, 7) is 8.01. The molecule has 0 N–H and O–H groups in total. The smallest absolute Gasteiger partial charge is 0.246 e. The highest BCUT2D eigenvalue weighted by atomic mass is 16.5. The highest BCUT2D eigenvalue weighted by molar-refractivity contribution is 5.52. The van der Waals surface area contributed by atoms with Gasteiger partial charge in [-0.2, -0.15) is 4.98 Å². The van der Waals surface area contributed by atoms with Crippen molar-refractivity contribution in [3.05, 3.63) is 41.5 Å². The Kier molecular flexibility index (Phi) is 5.16. The summed E-state index contributed by atoms with van der Waals surface area (Å²) in [5.41, 5.74) is 2.49. The number of aryl methyl sites for hydroxylation is 2. The third-order valence-corrected chi connectivity index (χ3v) is 3.43. The van der Waals surface area contributed by atoms with Crippen molar-refractivity contribution in [1.82, 2.24) is 10.1 Å². The first kappa shape index (κ1) is 14.6. The van der Waals surface area contributed by atoms with Gasteiger partial charge in [0, 0.05) is 18.7 Å². The molecule has 2 rings (SSSR count). The van der Waals surface area contributed by atoms with E-state index in [-0.39, 0.29) is 0 Å². The molecule has 0 aliphatic heterocycles.